The lowest BCUT2D eigenvalue weighted by molar-refractivity contribution is -0.168. The van der Waals surface area contributed by atoms with Gasteiger partial charge in [-0.3, -0.25) is 9.69 Å². The summed E-state index contributed by atoms with van der Waals surface area (Å²) in [6.07, 6.45) is 10.4. The SMILES string of the molecule is O=C1c2sc3c(c2CCN1c1nccc(Br)c1COC1CCCCO1)CCCC3. The van der Waals surface area contributed by atoms with Crippen LogP contribution in [0.2, 0.25) is 0 Å². The number of aryl methyl sites for hydroxylation is 1. The zero-order valence-electron chi connectivity index (χ0n) is 16.4. The average molecular weight is 477 g/mol. The van der Waals surface area contributed by atoms with Gasteiger partial charge in [0.1, 0.15) is 5.82 Å². The van der Waals surface area contributed by atoms with Crippen LogP contribution in [0.3, 0.4) is 0 Å². The molecule has 2 aromatic heterocycles. The zero-order chi connectivity index (χ0) is 19.8. The number of ether oxygens (including phenoxy) is 2. The van der Waals surface area contributed by atoms with Crippen LogP contribution >= 0.6 is 27.3 Å². The summed E-state index contributed by atoms with van der Waals surface area (Å²) < 4.78 is 12.6. The number of thiophene rings is 1. The van der Waals surface area contributed by atoms with Crippen molar-refractivity contribution < 1.29 is 14.3 Å². The molecule has 0 N–H and O–H groups in total. The van der Waals surface area contributed by atoms with E-state index in [4.69, 9.17) is 9.47 Å². The number of carbonyl (C=O) groups is 1. The molecular formula is C22H25BrN2O3S. The number of pyridine rings is 1. The Hall–Kier alpha value is -1.28. The van der Waals surface area contributed by atoms with Crippen molar-refractivity contribution in [2.45, 2.75) is 64.3 Å². The Kier molecular flexibility index (Phi) is 5.74. The molecule has 1 saturated heterocycles. The highest BCUT2D eigenvalue weighted by atomic mass is 79.9. The van der Waals surface area contributed by atoms with Crippen LogP contribution in [-0.2, 0) is 35.3 Å². The van der Waals surface area contributed by atoms with Crippen LogP contribution in [0.4, 0.5) is 5.82 Å². The number of fused-ring (bicyclic) bond motifs is 3. The fourth-order valence-corrected chi connectivity index (χ4v) is 6.36. The Morgan fingerprint density at radius 2 is 2.10 bits per heavy atom. The molecule has 5 rings (SSSR count). The van der Waals surface area contributed by atoms with E-state index in [1.54, 1.807) is 17.5 Å². The third-order valence-corrected chi connectivity index (χ3v) is 8.15. The molecule has 3 aliphatic rings. The molecule has 7 heteroatoms. The maximum Gasteiger partial charge on any atom is 0.269 e. The van der Waals surface area contributed by atoms with Gasteiger partial charge in [0.05, 0.1) is 11.5 Å². The molecule has 1 atom stereocenters. The smallest absolute Gasteiger partial charge is 0.269 e. The first-order valence-electron chi connectivity index (χ1n) is 10.5. The largest absolute Gasteiger partial charge is 0.353 e. The number of anilines is 1. The number of amides is 1. The molecule has 1 fully saturated rings. The van der Waals surface area contributed by atoms with Crippen molar-refractivity contribution >= 4 is 39.0 Å². The van der Waals surface area contributed by atoms with E-state index in [0.717, 1.165) is 60.0 Å². The third kappa shape index (κ3) is 3.78. The third-order valence-electron chi connectivity index (χ3n) is 6.09. The zero-order valence-corrected chi connectivity index (χ0v) is 18.8. The summed E-state index contributed by atoms with van der Waals surface area (Å²) in [7, 11) is 0. The van der Waals surface area contributed by atoms with Gasteiger partial charge in [-0.2, -0.15) is 0 Å². The molecule has 0 spiro atoms. The van der Waals surface area contributed by atoms with E-state index in [-0.39, 0.29) is 12.2 Å². The molecular weight excluding hydrogens is 452 g/mol. The van der Waals surface area contributed by atoms with E-state index in [9.17, 15) is 4.79 Å². The second-order valence-corrected chi connectivity index (χ2v) is 9.89. The van der Waals surface area contributed by atoms with Crippen LogP contribution in [0.15, 0.2) is 16.7 Å². The summed E-state index contributed by atoms with van der Waals surface area (Å²) in [6.45, 7) is 1.81. The molecule has 1 amide bonds. The lowest BCUT2D eigenvalue weighted by atomic mass is 9.92. The summed E-state index contributed by atoms with van der Waals surface area (Å²) in [6, 6.07) is 1.91. The molecule has 2 aliphatic heterocycles. The predicted molar refractivity (Wildman–Crippen MR) is 117 cm³/mol. The van der Waals surface area contributed by atoms with Crippen molar-refractivity contribution in [2.24, 2.45) is 0 Å². The van der Waals surface area contributed by atoms with Crippen molar-refractivity contribution in [1.82, 2.24) is 4.98 Å². The second kappa shape index (κ2) is 8.46. The second-order valence-electron chi connectivity index (χ2n) is 7.93. The van der Waals surface area contributed by atoms with E-state index in [1.807, 2.05) is 11.0 Å². The molecule has 154 valence electrons. The van der Waals surface area contributed by atoms with Gasteiger partial charge in [-0.05, 0) is 68.6 Å². The molecule has 0 saturated carbocycles. The predicted octanol–water partition coefficient (Wildman–Crippen LogP) is 5.03. The monoisotopic (exact) mass is 476 g/mol. The van der Waals surface area contributed by atoms with Gasteiger partial charge in [0.25, 0.3) is 5.91 Å². The minimum atomic E-state index is -0.170. The van der Waals surface area contributed by atoms with Crippen LogP contribution in [-0.4, -0.2) is 30.3 Å². The first-order valence-corrected chi connectivity index (χ1v) is 12.1. The van der Waals surface area contributed by atoms with Crippen molar-refractivity contribution in [3.05, 3.63) is 43.2 Å². The highest BCUT2D eigenvalue weighted by Crippen LogP contribution is 2.39. The van der Waals surface area contributed by atoms with Gasteiger partial charge in [-0.25, -0.2) is 4.98 Å². The van der Waals surface area contributed by atoms with E-state index in [0.29, 0.717) is 19.0 Å². The number of nitrogens with zero attached hydrogens (tertiary/aromatic N) is 2. The van der Waals surface area contributed by atoms with E-state index >= 15 is 0 Å². The molecule has 0 radical (unpaired) electrons. The molecule has 1 aliphatic carbocycles. The van der Waals surface area contributed by atoms with Crippen molar-refractivity contribution in [3.8, 4) is 0 Å². The Labute approximate surface area is 183 Å². The lowest BCUT2D eigenvalue weighted by Gasteiger charge is -2.29. The topological polar surface area (TPSA) is 51.7 Å². The number of hydrogen-bond acceptors (Lipinski definition) is 5. The molecule has 4 heterocycles. The van der Waals surface area contributed by atoms with Gasteiger partial charge < -0.3 is 9.47 Å². The summed E-state index contributed by atoms with van der Waals surface area (Å²) >= 11 is 5.35. The van der Waals surface area contributed by atoms with Crippen LogP contribution in [0.5, 0.6) is 0 Å². The first kappa shape index (κ1) is 19.7. The summed E-state index contributed by atoms with van der Waals surface area (Å²) in [4.78, 5) is 22.2. The highest BCUT2D eigenvalue weighted by molar-refractivity contribution is 9.10. The summed E-state index contributed by atoms with van der Waals surface area (Å²) in [5, 5.41) is 0. The molecule has 29 heavy (non-hydrogen) atoms. The van der Waals surface area contributed by atoms with Crippen molar-refractivity contribution in [3.63, 3.8) is 0 Å². The van der Waals surface area contributed by atoms with Gasteiger partial charge in [0.2, 0.25) is 0 Å². The van der Waals surface area contributed by atoms with Crippen LogP contribution in [0, 0.1) is 0 Å². The Morgan fingerprint density at radius 1 is 1.21 bits per heavy atom. The van der Waals surface area contributed by atoms with Gasteiger partial charge >= 0.3 is 0 Å². The van der Waals surface area contributed by atoms with Crippen LogP contribution in [0.1, 0.15) is 63.3 Å². The average Bonchev–Trinajstić information content (AvgIpc) is 3.14. The van der Waals surface area contributed by atoms with Crippen molar-refractivity contribution in [2.75, 3.05) is 18.1 Å². The minimum Gasteiger partial charge on any atom is -0.353 e. The number of halogens is 1. The van der Waals surface area contributed by atoms with Gasteiger partial charge in [0, 0.05) is 34.3 Å². The first-order chi connectivity index (χ1) is 14.2. The maximum atomic E-state index is 13.4. The Bertz CT molecular complexity index is 923. The quantitative estimate of drug-likeness (QED) is 0.620. The molecule has 2 aromatic rings. The van der Waals surface area contributed by atoms with Gasteiger partial charge in [-0.15, -0.1) is 11.3 Å². The normalized spacial score (nSPS) is 21.8. The van der Waals surface area contributed by atoms with E-state index < -0.39 is 0 Å². The van der Waals surface area contributed by atoms with Crippen molar-refractivity contribution in [1.29, 1.82) is 0 Å². The number of carbonyl (C=O) groups excluding carboxylic acids is 1. The minimum absolute atomic E-state index is 0.0893. The molecule has 0 aromatic carbocycles. The summed E-state index contributed by atoms with van der Waals surface area (Å²) in [5.41, 5.74) is 3.68. The Balaban J connectivity index is 1.41. The van der Waals surface area contributed by atoms with Crippen LogP contribution < -0.4 is 4.90 Å². The summed E-state index contributed by atoms with van der Waals surface area (Å²) in [5.74, 6) is 0.795. The van der Waals surface area contributed by atoms with Crippen LogP contribution in [0.25, 0.3) is 0 Å². The lowest BCUT2D eigenvalue weighted by Crippen LogP contribution is -2.38. The maximum absolute atomic E-state index is 13.4. The highest BCUT2D eigenvalue weighted by Gasteiger charge is 2.33. The standard InChI is InChI=1S/C22H25BrN2O3S/c23-17-8-10-24-21(16(17)13-28-19-7-3-4-12-27-19)25-11-9-15-14-5-1-2-6-18(14)29-20(15)22(25)26/h8,10,19H,1-7,9,11-13H2. The Morgan fingerprint density at radius 3 is 2.97 bits per heavy atom. The molecule has 5 nitrogen and oxygen atoms in total. The molecule has 0 bridgehead atoms. The van der Waals surface area contributed by atoms with E-state index in [2.05, 4.69) is 20.9 Å². The number of hydrogen-bond donors (Lipinski definition) is 0. The fraction of sp³-hybridized carbons (Fsp3) is 0.545. The fourth-order valence-electron chi connectivity index (χ4n) is 4.56. The number of rotatable bonds is 4. The molecule has 1 unspecified atom stereocenters. The number of aromatic nitrogens is 1. The van der Waals surface area contributed by atoms with E-state index in [1.165, 1.54) is 28.8 Å². The van der Waals surface area contributed by atoms with Gasteiger partial charge in [0.15, 0.2) is 6.29 Å². The van der Waals surface area contributed by atoms with Gasteiger partial charge in [-0.1, -0.05) is 15.9 Å².